The van der Waals surface area contributed by atoms with E-state index in [4.69, 9.17) is 4.74 Å². The summed E-state index contributed by atoms with van der Waals surface area (Å²) in [5.74, 6) is -0.956. The van der Waals surface area contributed by atoms with E-state index in [0.29, 0.717) is 0 Å². The van der Waals surface area contributed by atoms with Gasteiger partial charge in [-0.15, -0.1) is 0 Å². The van der Waals surface area contributed by atoms with Gasteiger partial charge in [0, 0.05) is 23.7 Å². The van der Waals surface area contributed by atoms with Gasteiger partial charge in [-0.1, -0.05) is 6.92 Å². The molecule has 0 spiro atoms. The molecule has 0 amide bonds. The van der Waals surface area contributed by atoms with E-state index in [0.717, 1.165) is 13.0 Å². The molecule has 0 heterocycles. The molecule has 0 aromatic heterocycles. The summed E-state index contributed by atoms with van der Waals surface area (Å²) >= 11 is 0. The highest BCUT2D eigenvalue weighted by atomic mass is 19.1. The summed E-state index contributed by atoms with van der Waals surface area (Å²) in [4.78, 5) is 0. The summed E-state index contributed by atoms with van der Waals surface area (Å²) in [6, 6.07) is 2.05. The predicted octanol–water partition coefficient (Wildman–Crippen LogP) is 3.03. The van der Waals surface area contributed by atoms with Crippen LogP contribution >= 0.6 is 0 Å². The Balaban J connectivity index is 2.95. The molecule has 0 saturated heterocycles. The van der Waals surface area contributed by atoms with Crippen LogP contribution in [0.4, 0.5) is 8.78 Å². The molecular formula is C12H17F2NO. The topological polar surface area (TPSA) is 21.3 Å². The van der Waals surface area contributed by atoms with Gasteiger partial charge in [0.2, 0.25) is 0 Å². The van der Waals surface area contributed by atoms with Gasteiger partial charge < -0.3 is 10.1 Å². The Labute approximate surface area is 94.6 Å². The number of hydrogen-bond donors (Lipinski definition) is 1. The van der Waals surface area contributed by atoms with Crippen molar-refractivity contribution in [1.82, 2.24) is 5.32 Å². The number of benzene rings is 1. The molecule has 0 aliphatic rings. The van der Waals surface area contributed by atoms with Crippen molar-refractivity contribution in [3.8, 4) is 5.75 Å². The SMILES string of the molecule is CCCNC(C)c1c(F)cc(OC)cc1F. The minimum Gasteiger partial charge on any atom is -0.497 e. The van der Waals surface area contributed by atoms with Crippen molar-refractivity contribution in [2.24, 2.45) is 0 Å². The van der Waals surface area contributed by atoms with Gasteiger partial charge in [0.25, 0.3) is 0 Å². The number of methoxy groups -OCH3 is 1. The van der Waals surface area contributed by atoms with Crippen LogP contribution in [0.5, 0.6) is 5.75 Å². The lowest BCUT2D eigenvalue weighted by Crippen LogP contribution is -2.21. The minimum absolute atomic E-state index is 0.0641. The molecule has 1 unspecified atom stereocenters. The second kappa shape index (κ2) is 5.80. The molecule has 1 atom stereocenters. The lowest BCUT2D eigenvalue weighted by atomic mass is 10.1. The average Bonchev–Trinajstić information content (AvgIpc) is 2.25. The number of ether oxygens (including phenoxy) is 1. The molecule has 2 nitrogen and oxygen atoms in total. The van der Waals surface area contributed by atoms with Crippen LogP contribution in [0, 0.1) is 11.6 Å². The van der Waals surface area contributed by atoms with Crippen LogP contribution in [0.3, 0.4) is 0 Å². The zero-order valence-corrected chi connectivity index (χ0v) is 9.81. The van der Waals surface area contributed by atoms with E-state index in [2.05, 4.69) is 5.32 Å². The Kier molecular flexibility index (Phi) is 4.68. The van der Waals surface area contributed by atoms with Gasteiger partial charge in [-0.25, -0.2) is 8.78 Å². The molecule has 0 radical (unpaired) electrons. The molecular weight excluding hydrogens is 212 g/mol. The second-order valence-corrected chi connectivity index (χ2v) is 3.68. The summed E-state index contributed by atoms with van der Waals surface area (Å²) in [6.45, 7) is 4.47. The van der Waals surface area contributed by atoms with Crippen LogP contribution in [-0.4, -0.2) is 13.7 Å². The molecule has 1 rings (SSSR count). The van der Waals surface area contributed by atoms with E-state index in [1.807, 2.05) is 6.92 Å². The van der Waals surface area contributed by atoms with E-state index in [1.54, 1.807) is 6.92 Å². The lowest BCUT2D eigenvalue weighted by Gasteiger charge is -2.16. The van der Waals surface area contributed by atoms with Gasteiger partial charge >= 0.3 is 0 Å². The molecule has 1 aromatic rings. The molecule has 0 aliphatic carbocycles. The molecule has 1 aromatic carbocycles. The smallest absolute Gasteiger partial charge is 0.134 e. The van der Waals surface area contributed by atoms with Crippen molar-refractivity contribution in [1.29, 1.82) is 0 Å². The maximum atomic E-state index is 13.6. The summed E-state index contributed by atoms with van der Waals surface area (Å²) < 4.78 is 32.0. The third kappa shape index (κ3) is 2.92. The van der Waals surface area contributed by atoms with Crippen molar-refractivity contribution in [3.05, 3.63) is 29.3 Å². The summed E-state index contributed by atoms with van der Waals surface area (Å²) in [6.07, 6.45) is 0.920. The van der Waals surface area contributed by atoms with Gasteiger partial charge in [-0.05, 0) is 19.9 Å². The molecule has 90 valence electrons. The van der Waals surface area contributed by atoms with Gasteiger partial charge in [-0.3, -0.25) is 0 Å². The fourth-order valence-corrected chi connectivity index (χ4v) is 1.56. The van der Waals surface area contributed by atoms with Crippen LogP contribution in [0.25, 0.3) is 0 Å². The standard InChI is InChI=1S/C12H17F2NO/c1-4-5-15-8(2)12-10(13)6-9(16-3)7-11(12)14/h6-8,15H,4-5H2,1-3H3. The molecule has 4 heteroatoms. The zero-order valence-electron chi connectivity index (χ0n) is 9.81. The van der Waals surface area contributed by atoms with Crippen molar-refractivity contribution in [3.63, 3.8) is 0 Å². The highest BCUT2D eigenvalue weighted by Gasteiger charge is 2.17. The van der Waals surface area contributed by atoms with Crippen LogP contribution < -0.4 is 10.1 Å². The molecule has 0 fully saturated rings. The fourth-order valence-electron chi connectivity index (χ4n) is 1.56. The molecule has 0 saturated carbocycles. The largest absolute Gasteiger partial charge is 0.497 e. The highest BCUT2D eigenvalue weighted by molar-refractivity contribution is 5.32. The van der Waals surface area contributed by atoms with Crippen LogP contribution in [0.15, 0.2) is 12.1 Å². The van der Waals surface area contributed by atoms with Crippen molar-refractivity contribution in [2.75, 3.05) is 13.7 Å². The van der Waals surface area contributed by atoms with Gasteiger partial charge in [0.05, 0.1) is 7.11 Å². The van der Waals surface area contributed by atoms with Crippen molar-refractivity contribution in [2.45, 2.75) is 26.3 Å². The Hall–Kier alpha value is -1.16. The number of rotatable bonds is 5. The first kappa shape index (κ1) is 12.9. The highest BCUT2D eigenvalue weighted by Crippen LogP contribution is 2.25. The molecule has 1 N–H and O–H groups in total. The Morgan fingerprint density at radius 3 is 2.31 bits per heavy atom. The molecule has 16 heavy (non-hydrogen) atoms. The Bertz CT molecular complexity index is 332. The third-order valence-corrected chi connectivity index (χ3v) is 2.42. The van der Waals surface area contributed by atoms with Gasteiger partial charge in [-0.2, -0.15) is 0 Å². The normalized spacial score (nSPS) is 12.6. The van der Waals surface area contributed by atoms with E-state index in [-0.39, 0.29) is 17.4 Å². The first-order valence-electron chi connectivity index (χ1n) is 5.36. The van der Waals surface area contributed by atoms with E-state index in [1.165, 1.54) is 19.2 Å². The number of hydrogen-bond acceptors (Lipinski definition) is 2. The van der Waals surface area contributed by atoms with Crippen LogP contribution in [-0.2, 0) is 0 Å². The number of halogens is 2. The Morgan fingerprint density at radius 1 is 1.31 bits per heavy atom. The minimum atomic E-state index is -0.576. The molecule has 0 bridgehead atoms. The van der Waals surface area contributed by atoms with E-state index < -0.39 is 11.6 Å². The third-order valence-electron chi connectivity index (χ3n) is 2.42. The van der Waals surface area contributed by atoms with E-state index in [9.17, 15) is 8.78 Å². The van der Waals surface area contributed by atoms with Crippen molar-refractivity contribution >= 4 is 0 Å². The van der Waals surface area contributed by atoms with Gasteiger partial charge in [0.15, 0.2) is 0 Å². The number of nitrogens with one attached hydrogen (secondary N) is 1. The quantitative estimate of drug-likeness (QED) is 0.838. The van der Waals surface area contributed by atoms with Crippen LogP contribution in [0.1, 0.15) is 31.9 Å². The predicted molar refractivity (Wildman–Crippen MR) is 59.6 cm³/mol. The summed E-state index contributed by atoms with van der Waals surface area (Å²) in [7, 11) is 1.38. The summed E-state index contributed by atoms with van der Waals surface area (Å²) in [5, 5.41) is 3.05. The first-order chi connectivity index (χ1) is 7.60. The van der Waals surface area contributed by atoms with E-state index >= 15 is 0 Å². The average molecular weight is 229 g/mol. The Morgan fingerprint density at radius 2 is 1.88 bits per heavy atom. The summed E-state index contributed by atoms with van der Waals surface area (Å²) in [5.41, 5.74) is 0.0641. The second-order valence-electron chi connectivity index (χ2n) is 3.68. The molecule has 0 aliphatic heterocycles. The lowest BCUT2D eigenvalue weighted by molar-refractivity contribution is 0.402. The maximum Gasteiger partial charge on any atom is 0.134 e. The maximum absolute atomic E-state index is 13.6. The van der Waals surface area contributed by atoms with Crippen molar-refractivity contribution < 1.29 is 13.5 Å². The fraction of sp³-hybridized carbons (Fsp3) is 0.500. The van der Waals surface area contributed by atoms with Gasteiger partial charge in [0.1, 0.15) is 17.4 Å². The van der Waals surface area contributed by atoms with Crippen LogP contribution in [0.2, 0.25) is 0 Å². The monoisotopic (exact) mass is 229 g/mol. The zero-order chi connectivity index (χ0) is 12.1. The first-order valence-corrected chi connectivity index (χ1v) is 5.36.